The van der Waals surface area contributed by atoms with Crippen molar-refractivity contribution >= 4 is 21.6 Å². The van der Waals surface area contributed by atoms with Crippen molar-refractivity contribution in [3.8, 4) is 16.9 Å². The number of hydrogen-bond acceptors (Lipinski definition) is 6. The van der Waals surface area contributed by atoms with Crippen LogP contribution in [0.2, 0.25) is 0 Å². The minimum absolute atomic E-state index is 0.0163. The van der Waals surface area contributed by atoms with Crippen LogP contribution in [0.25, 0.3) is 11.1 Å². The second-order valence-corrected chi connectivity index (χ2v) is 8.77. The van der Waals surface area contributed by atoms with Gasteiger partial charge in [-0.05, 0) is 29.8 Å². The van der Waals surface area contributed by atoms with Crippen LogP contribution < -0.4 is 10.1 Å². The lowest BCUT2D eigenvalue weighted by Crippen LogP contribution is -2.40. The Balaban J connectivity index is 1.63. The molecule has 9 heteroatoms. The molecule has 0 bridgehead atoms. The maximum atomic E-state index is 13.1. The Morgan fingerprint density at radius 1 is 1.06 bits per heavy atom. The van der Waals surface area contributed by atoms with Gasteiger partial charge in [-0.3, -0.25) is 4.79 Å². The SMILES string of the molecule is COc1ccc(NC(=O)c2occc2-c2ccccc2)cc1S(=O)(=O)N1CCOCC1. The molecule has 0 radical (unpaired) electrons. The number of furan rings is 1. The topological polar surface area (TPSA) is 98.1 Å². The molecular weight excluding hydrogens is 420 g/mol. The van der Waals surface area contributed by atoms with Crippen molar-refractivity contribution in [2.45, 2.75) is 4.90 Å². The molecule has 31 heavy (non-hydrogen) atoms. The summed E-state index contributed by atoms with van der Waals surface area (Å²) in [7, 11) is -2.41. The minimum Gasteiger partial charge on any atom is -0.495 e. The molecule has 8 nitrogen and oxygen atoms in total. The molecule has 2 aromatic carbocycles. The van der Waals surface area contributed by atoms with Gasteiger partial charge in [0.05, 0.1) is 26.6 Å². The predicted molar refractivity (Wildman–Crippen MR) is 115 cm³/mol. The lowest BCUT2D eigenvalue weighted by molar-refractivity contribution is 0.0729. The molecule has 0 atom stereocenters. The highest BCUT2D eigenvalue weighted by atomic mass is 32.2. The number of benzene rings is 2. The Kier molecular flexibility index (Phi) is 6.08. The Hall–Kier alpha value is -3.14. The molecule has 2 heterocycles. The van der Waals surface area contributed by atoms with E-state index in [1.165, 1.54) is 29.8 Å². The molecular formula is C22H22N2O6S. The van der Waals surface area contributed by atoms with Gasteiger partial charge >= 0.3 is 0 Å². The molecule has 0 spiro atoms. The molecule has 0 aliphatic carbocycles. The molecule has 0 unspecified atom stereocenters. The third-order valence-corrected chi connectivity index (χ3v) is 6.89. The first-order valence-electron chi connectivity index (χ1n) is 9.71. The van der Waals surface area contributed by atoms with Gasteiger partial charge < -0.3 is 19.2 Å². The van der Waals surface area contributed by atoms with Crippen molar-refractivity contribution in [2.24, 2.45) is 0 Å². The van der Waals surface area contributed by atoms with Gasteiger partial charge in [-0.25, -0.2) is 8.42 Å². The first-order chi connectivity index (χ1) is 15.0. The molecule has 1 amide bonds. The van der Waals surface area contributed by atoms with Crippen LogP contribution in [0.3, 0.4) is 0 Å². The fourth-order valence-electron chi connectivity index (χ4n) is 3.40. The first kappa shape index (κ1) is 21.1. The van der Waals surface area contributed by atoms with Crippen LogP contribution >= 0.6 is 0 Å². The Bertz CT molecular complexity index is 1170. The molecule has 1 saturated heterocycles. The Morgan fingerprint density at radius 3 is 2.52 bits per heavy atom. The van der Waals surface area contributed by atoms with Crippen LogP contribution in [-0.2, 0) is 14.8 Å². The van der Waals surface area contributed by atoms with Crippen LogP contribution in [-0.4, -0.2) is 52.0 Å². The number of morpholine rings is 1. The molecule has 1 aliphatic rings. The zero-order valence-corrected chi connectivity index (χ0v) is 17.7. The van der Waals surface area contributed by atoms with Gasteiger partial charge in [-0.2, -0.15) is 4.31 Å². The standard InChI is InChI=1S/C22H22N2O6S/c1-28-19-8-7-17(15-20(19)31(26,27)24-10-13-29-14-11-24)23-22(25)21-18(9-12-30-21)16-5-3-2-4-6-16/h2-9,12,15H,10-11,13-14H2,1H3,(H,23,25). The number of methoxy groups -OCH3 is 1. The fourth-order valence-corrected chi connectivity index (χ4v) is 4.99. The summed E-state index contributed by atoms with van der Waals surface area (Å²) < 4.78 is 43.5. The van der Waals surface area contributed by atoms with Gasteiger partial charge in [0.15, 0.2) is 5.76 Å². The Morgan fingerprint density at radius 2 is 1.81 bits per heavy atom. The summed E-state index contributed by atoms with van der Waals surface area (Å²) in [6.07, 6.45) is 1.44. The summed E-state index contributed by atoms with van der Waals surface area (Å²) in [5.41, 5.74) is 1.80. The normalized spacial score (nSPS) is 14.9. The maximum Gasteiger partial charge on any atom is 0.292 e. The van der Waals surface area contributed by atoms with Gasteiger partial charge in [0.25, 0.3) is 5.91 Å². The molecule has 1 N–H and O–H groups in total. The number of nitrogens with one attached hydrogen (secondary N) is 1. The zero-order valence-electron chi connectivity index (χ0n) is 16.9. The summed E-state index contributed by atoms with van der Waals surface area (Å²) in [6.45, 7) is 1.18. The summed E-state index contributed by atoms with van der Waals surface area (Å²) in [5, 5.41) is 2.73. The summed E-state index contributed by atoms with van der Waals surface area (Å²) in [5.74, 6) is -0.143. The summed E-state index contributed by atoms with van der Waals surface area (Å²) >= 11 is 0. The smallest absolute Gasteiger partial charge is 0.292 e. The lowest BCUT2D eigenvalue weighted by Gasteiger charge is -2.26. The number of hydrogen-bond donors (Lipinski definition) is 1. The molecule has 0 saturated carbocycles. The van der Waals surface area contributed by atoms with Crippen molar-refractivity contribution in [1.29, 1.82) is 0 Å². The molecule has 1 aromatic heterocycles. The number of carbonyl (C=O) groups excluding carboxylic acids is 1. The van der Waals surface area contributed by atoms with Crippen molar-refractivity contribution in [2.75, 3.05) is 38.7 Å². The van der Waals surface area contributed by atoms with E-state index in [0.29, 0.717) is 24.5 Å². The minimum atomic E-state index is -3.81. The van der Waals surface area contributed by atoms with E-state index in [-0.39, 0.29) is 29.5 Å². The monoisotopic (exact) mass is 442 g/mol. The number of nitrogens with zero attached hydrogens (tertiary/aromatic N) is 1. The summed E-state index contributed by atoms with van der Waals surface area (Å²) in [6, 6.07) is 15.6. The number of ether oxygens (including phenoxy) is 2. The van der Waals surface area contributed by atoms with Crippen molar-refractivity contribution < 1.29 is 27.1 Å². The molecule has 4 rings (SSSR count). The second kappa shape index (κ2) is 8.93. The van der Waals surface area contributed by atoms with Crippen LogP contribution in [0.15, 0.2) is 70.2 Å². The van der Waals surface area contributed by atoms with Crippen LogP contribution in [0.1, 0.15) is 10.6 Å². The van der Waals surface area contributed by atoms with Crippen molar-refractivity contribution in [1.82, 2.24) is 4.31 Å². The number of amides is 1. The van der Waals surface area contributed by atoms with Crippen molar-refractivity contribution in [3.63, 3.8) is 0 Å². The summed E-state index contributed by atoms with van der Waals surface area (Å²) in [4.78, 5) is 12.9. The quantitative estimate of drug-likeness (QED) is 0.629. The molecule has 1 fully saturated rings. The first-order valence-corrected chi connectivity index (χ1v) is 11.1. The average Bonchev–Trinajstić information content (AvgIpc) is 3.30. The Labute approximate surface area is 180 Å². The highest BCUT2D eigenvalue weighted by Crippen LogP contribution is 2.31. The number of sulfonamides is 1. The number of rotatable bonds is 6. The van der Waals surface area contributed by atoms with E-state index in [9.17, 15) is 13.2 Å². The second-order valence-electron chi connectivity index (χ2n) is 6.87. The average molecular weight is 442 g/mol. The van der Waals surface area contributed by atoms with E-state index >= 15 is 0 Å². The third kappa shape index (κ3) is 4.34. The molecule has 162 valence electrons. The van der Waals surface area contributed by atoms with E-state index in [1.54, 1.807) is 12.1 Å². The van der Waals surface area contributed by atoms with Crippen LogP contribution in [0.5, 0.6) is 5.75 Å². The lowest BCUT2D eigenvalue weighted by atomic mass is 10.1. The van der Waals surface area contributed by atoms with Gasteiger partial charge in [-0.1, -0.05) is 30.3 Å². The van der Waals surface area contributed by atoms with Gasteiger partial charge in [0.1, 0.15) is 10.6 Å². The van der Waals surface area contributed by atoms with Gasteiger partial charge in [0, 0.05) is 24.3 Å². The van der Waals surface area contributed by atoms with E-state index in [2.05, 4.69) is 5.32 Å². The predicted octanol–water partition coefficient (Wildman–Crippen LogP) is 3.23. The zero-order chi connectivity index (χ0) is 21.8. The van der Waals surface area contributed by atoms with Crippen LogP contribution in [0, 0.1) is 0 Å². The molecule has 1 aliphatic heterocycles. The van der Waals surface area contributed by atoms with Gasteiger partial charge in [0.2, 0.25) is 10.0 Å². The highest BCUT2D eigenvalue weighted by Gasteiger charge is 2.30. The maximum absolute atomic E-state index is 13.1. The van der Waals surface area contributed by atoms with E-state index in [0.717, 1.165) is 5.56 Å². The van der Waals surface area contributed by atoms with Crippen LogP contribution in [0.4, 0.5) is 5.69 Å². The number of anilines is 1. The third-order valence-electron chi connectivity index (χ3n) is 4.97. The highest BCUT2D eigenvalue weighted by molar-refractivity contribution is 7.89. The van der Waals surface area contributed by atoms with E-state index in [4.69, 9.17) is 13.9 Å². The number of carbonyl (C=O) groups is 1. The van der Waals surface area contributed by atoms with Crippen molar-refractivity contribution in [3.05, 3.63) is 66.6 Å². The van der Waals surface area contributed by atoms with Gasteiger partial charge in [-0.15, -0.1) is 0 Å². The van der Waals surface area contributed by atoms with E-state index in [1.807, 2.05) is 30.3 Å². The molecule has 3 aromatic rings. The largest absolute Gasteiger partial charge is 0.495 e. The van der Waals surface area contributed by atoms with E-state index < -0.39 is 15.9 Å². The fraction of sp³-hybridized carbons (Fsp3) is 0.227.